The van der Waals surface area contributed by atoms with Crippen molar-refractivity contribution in [2.75, 3.05) is 0 Å². The topological polar surface area (TPSA) is 270 Å². The molecule has 0 aromatic rings. The molecule has 0 saturated carbocycles. The van der Waals surface area contributed by atoms with Gasteiger partial charge in [-0.25, -0.2) is 0 Å². The van der Waals surface area contributed by atoms with Crippen molar-refractivity contribution in [3.8, 4) is 0 Å². The fraction of sp³-hybridized carbons (Fsp3) is 0. The maximum atomic E-state index is 0. The molecule has 1 radical (unpaired) electrons. The monoisotopic (exact) mass is 195 g/mol. The average Bonchev–Trinajstić information content (AvgIpc) is 0. The molecule has 0 bridgehead atoms. The standard InChI is InChI=1S/Co.6H3N.2H2O/h;6*1H3;2*1H2/q+2;;;;;;;;/p-2. The van der Waals surface area contributed by atoms with Crippen LogP contribution in [0.3, 0.4) is 0 Å². The number of hydrogen-bond donors (Lipinski definition) is 6. The molecule has 0 amide bonds. The van der Waals surface area contributed by atoms with E-state index < -0.39 is 0 Å². The minimum absolute atomic E-state index is 0. The normalized spacial score (nSPS) is 0. The Morgan fingerprint density at radius 2 is 0.333 bits per heavy atom. The molecule has 0 unspecified atom stereocenters. The van der Waals surface area contributed by atoms with Crippen molar-refractivity contribution in [2.45, 2.75) is 0 Å². The number of rotatable bonds is 0. The summed E-state index contributed by atoms with van der Waals surface area (Å²) >= 11 is 0. The van der Waals surface area contributed by atoms with E-state index >= 15 is 0 Å². The van der Waals surface area contributed by atoms with Crippen molar-refractivity contribution in [3.05, 3.63) is 0 Å². The van der Waals surface area contributed by atoms with E-state index in [1.54, 1.807) is 0 Å². The van der Waals surface area contributed by atoms with E-state index in [9.17, 15) is 0 Å². The molecule has 71 valence electrons. The predicted molar refractivity (Wildman–Crippen MR) is 34.0 cm³/mol. The maximum absolute atomic E-state index is 0. The largest absolute Gasteiger partial charge is 2.00 e. The Kier molecular flexibility index (Phi) is 23900000. The summed E-state index contributed by atoms with van der Waals surface area (Å²) < 4.78 is 0. The zero-order chi connectivity index (χ0) is 0. The molecular formula is H20CoN6O2. The Hall–Kier alpha value is 0.186. The summed E-state index contributed by atoms with van der Waals surface area (Å²) in [7, 11) is 0. The van der Waals surface area contributed by atoms with Crippen LogP contribution >= 0.6 is 0 Å². The zero-order valence-corrected chi connectivity index (χ0v) is 6.51. The van der Waals surface area contributed by atoms with Crippen LogP contribution in [0, 0.1) is 0 Å². The van der Waals surface area contributed by atoms with Gasteiger partial charge in [-0.05, 0) is 0 Å². The van der Waals surface area contributed by atoms with Crippen LogP contribution in [0.5, 0.6) is 0 Å². The molecule has 0 rings (SSSR count). The van der Waals surface area contributed by atoms with Crippen LogP contribution in [0.2, 0.25) is 0 Å². The van der Waals surface area contributed by atoms with Gasteiger partial charge in [0.1, 0.15) is 0 Å². The molecule has 9 heteroatoms. The third-order valence-corrected chi connectivity index (χ3v) is 0. The van der Waals surface area contributed by atoms with Gasteiger partial charge in [-0.2, -0.15) is 0 Å². The second-order valence-electron chi connectivity index (χ2n) is 0. The Morgan fingerprint density at radius 1 is 0.333 bits per heavy atom. The van der Waals surface area contributed by atoms with Crippen molar-refractivity contribution in [1.29, 1.82) is 0 Å². The van der Waals surface area contributed by atoms with E-state index in [1.807, 2.05) is 0 Å². The molecule has 0 atom stereocenters. The first-order valence-electron chi connectivity index (χ1n) is 0. The van der Waals surface area contributed by atoms with Crippen LogP contribution in [-0.2, 0) is 16.8 Å². The molecule has 8 nitrogen and oxygen atoms in total. The number of hydrogen-bond acceptors (Lipinski definition) is 8. The van der Waals surface area contributed by atoms with Crippen molar-refractivity contribution >= 4 is 0 Å². The zero-order valence-electron chi connectivity index (χ0n) is 5.47. The Labute approximate surface area is 65.5 Å². The molecule has 0 heterocycles. The molecule has 0 fully saturated rings. The van der Waals surface area contributed by atoms with Gasteiger partial charge in [-0.1, -0.05) is 0 Å². The van der Waals surface area contributed by atoms with Crippen LogP contribution in [-0.4, -0.2) is 11.0 Å². The smallest absolute Gasteiger partial charge is 0.870 e. The van der Waals surface area contributed by atoms with Gasteiger partial charge in [0, 0.05) is 0 Å². The second-order valence-corrected chi connectivity index (χ2v) is 0. The van der Waals surface area contributed by atoms with E-state index in [0.29, 0.717) is 0 Å². The van der Waals surface area contributed by atoms with Crippen molar-refractivity contribution in [3.63, 3.8) is 0 Å². The molecule has 0 aromatic heterocycles. The Morgan fingerprint density at radius 3 is 0.333 bits per heavy atom. The molecule has 0 spiro atoms. The van der Waals surface area contributed by atoms with E-state index in [-0.39, 0.29) is 64.6 Å². The summed E-state index contributed by atoms with van der Waals surface area (Å²) in [4.78, 5) is 0. The molecule has 20 N–H and O–H groups in total. The van der Waals surface area contributed by atoms with Gasteiger partial charge in [-0.3, -0.25) is 0 Å². The second kappa shape index (κ2) is 12200. The quantitative estimate of drug-likeness (QED) is 0.317. The van der Waals surface area contributed by atoms with Gasteiger partial charge >= 0.3 is 16.8 Å². The molecule has 0 aliphatic rings. The minimum atomic E-state index is 0. The molecule has 0 aromatic carbocycles. The first-order valence-corrected chi connectivity index (χ1v) is 0. The van der Waals surface area contributed by atoms with Gasteiger partial charge in [0.15, 0.2) is 0 Å². The Bertz CT molecular complexity index is 11.0. The van der Waals surface area contributed by atoms with Crippen molar-refractivity contribution in [1.82, 2.24) is 36.9 Å². The first kappa shape index (κ1) is 17700. The van der Waals surface area contributed by atoms with Gasteiger partial charge in [-0.15, -0.1) is 0 Å². The summed E-state index contributed by atoms with van der Waals surface area (Å²) in [5.41, 5.74) is 0. The van der Waals surface area contributed by atoms with Crippen LogP contribution in [0.25, 0.3) is 0 Å². The molecule has 0 saturated heterocycles. The van der Waals surface area contributed by atoms with Gasteiger partial charge in [0.05, 0.1) is 0 Å². The van der Waals surface area contributed by atoms with Crippen LogP contribution in [0.4, 0.5) is 0 Å². The van der Waals surface area contributed by atoms with Crippen molar-refractivity contribution < 1.29 is 27.7 Å². The SMILES string of the molecule is N.N.N.N.N.N.[Co+2].[OH-].[OH-]. The summed E-state index contributed by atoms with van der Waals surface area (Å²) in [6.07, 6.45) is 0. The molecule has 0 aliphatic heterocycles. The van der Waals surface area contributed by atoms with Crippen LogP contribution in [0.1, 0.15) is 0 Å². The fourth-order valence-corrected chi connectivity index (χ4v) is 0. The molecule has 9 heavy (non-hydrogen) atoms. The molecule has 0 aliphatic carbocycles. The van der Waals surface area contributed by atoms with E-state index in [0.717, 1.165) is 0 Å². The predicted octanol–water partition coefficient (Wildman–Crippen LogP) is 0.616. The van der Waals surface area contributed by atoms with Crippen LogP contribution < -0.4 is 36.9 Å². The van der Waals surface area contributed by atoms with Gasteiger partial charge in [0.25, 0.3) is 0 Å². The fourth-order valence-electron chi connectivity index (χ4n) is 0. The van der Waals surface area contributed by atoms with E-state index in [2.05, 4.69) is 0 Å². The van der Waals surface area contributed by atoms with E-state index in [1.165, 1.54) is 0 Å². The summed E-state index contributed by atoms with van der Waals surface area (Å²) in [5.74, 6) is 0. The first-order chi connectivity index (χ1) is 0. The van der Waals surface area contributed by atoms with Crippen LogP contribution in [0.15, 0.2) is 0 Å². The summed E-state index contributed by atoms with van der Waals surface area (Å²) in [5, 5.41) is 0. The van der Waals surface area contributed by atoms with Gasteiger partial charge < -0.3 is 47.9 Å². The minimum Gasteiger partial charge on any atom is -0.870 e. The third-order valence-electron chi connectivity index (χ3n) is 0. The average molecular weight is 195 g/mol. The van der Waals surface area contributed by atoms with E-state index in [4.69, 9.17) is 0 Å². The third kappa shape index (κ3) is 9010. The van der Waals surface area contributed by atoms with Crippen molar-refractivity contribution in [2.24, 2.45) is 0 Å². The summed E-state index contributed by atoms with van der Waals surface area (Å²) in [6, 6.07) is 0. The molecular weight excluding hydrogens is 175 g/mol. The Balaban J connectivity index is 0. The van der Waals surface area contributed by atoms with Gasteiger partial charge in [0.2, 0.25) is 0 Å². The maximum Gasteiger partial charge on any atom is 2.00 e. The summed E-state index contributed by atoms with van der Waals surface area (Å²) in [6.45, 7) is 0.